The summed E-state index contributed by atoms with van der Waals surface area (Å²) in [5.41, 5.74) is 0.440. The molecule has 0 radical (unpaired) electrons. The summed E-state index contributed by atoms with van der Waals surface area (Å²) < 4.78 is 13.0. The van der Waals surface area contributed by atoms with Crippen LogP contribution in [0.15, 0.2) is 24.3 Å². The van der Waals surface area contributed by atoms with E-state index in [1.807, 2.05) is 6.92 Å². The molecule has 1 aliphatic heterocycles. The summed E-state index contributed by atoms with van der Waals surface area (Å²) in [6, 6.07) is 4.88. The third-order valence-electron chi connectivity index (χ3n) is 4.55. The van der Waals surface area contributed by atoms with Gasteiger partial charge in [-0.1, -0.05) is 6.92 Å². The summed E-state index contributed by atoms with van der Waals surface area (Å²) in [5, 5.41) is 5.50. The van der Waals surface area contributed by atoms with Gasteiger partial charge in [0.05, 0.1) is 0 Å². The highest BCUT2D eigenvalue weighted by atomic mass is 19.1. The summed E-state index contributed by atoms with van der Waals surface area (Å²) in [7, 11) is 0. The molecule has 0 spiro atoms. The fraction of sp³-hybridized carbons (Fsp3) is 0.526. The van der Waals surface area contributed by atoms with E-state index in [2.05, 4.69) is 10.6 Å². The number of halogens is 1. The predicted molar refractivity (Wildman–Crippen MR) is 95.9 cm³/mol. The standard InChI is InChI=1S/C19H26FN3O3/c1-3-10-21-17(24)13(2)22-18(25)14-8-11-23(12-9-14)19(26)15-4-6-16(20)7-5-15/h4-7,13-14H,3,8-12H2,1-2H3,(H,21,24)(H,22,25)/t13-/m1/s1. The fourth-order valence-electron chi connectivity index (χ4n) is 2.92. The monoisotopic (exact) mass is 363 g/mol. The van der Waals surface area contributed by atoms with Crippen molar-refractivity contribution in [2.45, 2.75) is 39.2 Å². The molecule has 0 unspecified atom stereocenters. The second-order valence-corrected chi connectivity index (χ2v) is 6.59. The first-order chi connectivity index (χ1) is 12.4. The second-order valence-electron chi connectivity index (χ2n) is 6.59. The smallest absolute Gasteiger partial charge is 0.253 e. The summed E-state index contributed by atoms with van der Waals surface area (Å²) in [6.07, 6.45) is 1.93. The number of piperidine rings is 1. The average Bonchev–Trinajstić information content (AvgIpc) is 2.66. The number of likely N-dealkylation sites (tertiary alicyclic amines) is 1. The van der Waals surface area contributed by atoms with Gasteiger partial charge in [0.25, 0.3) is 5.91 Å². The number of rotatable bonds is 6. The van der Waals surface area contributed by atoms with Crippen LogP contribution in [-0.4, -0.2) is 48.3 Å². The molecule has 1 aromatic rings. The molecule has 1 aliphatic rings. The quantitative estimate of drug-likeness (QED) is 0.808. The van der Waals surface area contributed by atoms with E-state index in [-0.39, 0.29) is 29.5 Å². The molecule has 1 saturated heterocycles. The van der Waals surface area contributed by atoms with Crippen LogP contribution in [0.3, 0.4) is 0 Å². The van der Waals surface area contributed by atoms with Gasteiger partial charge in [-0.2, -0.15) is 0 Å². The van der Waals surface area contributed by atoms with Gasteiger partial charge in [-0.3, -0.25) is 14.4 Å². The van der Waals surface area contributed by atoms with E-state index < -0.39 is 6.04 Å². The Morgan fingerprint density at radius 3 is 2.38 bits per heavy atom. The first-order valence-corrected chi connectivity index (χ1v) is 9.05. The third-order valence-corrected chi connectivity index (χ3v) is 4.55. The Bertz CT molecular complexity index is 640. The zero-order valence-electron chi connectivity index (χ0n) is 15.3. The van der Waals surface area contributed by atoms with E-state index in [4.69, 9.17) is 0 Å². The van der Waals surface area contributed by atoms with Crippen LogP contribution in [0.5, 0.6) is 0 Å². The van der Waals surface area contributed by atoms with Crippen LogP contribution >= 0.6 is 0 Å². The Morgan fingerprint density at radius 2 is 1.81 bits per heavy atom. The van der Waals surface area contributed by atoms with E-state index in [1.165, 1.54) is 24.3 Å². The second kappa shape index (κ2) is 9.31. The lowest BCUT2D eigenvalue weighted by Gasteiger charge is -2.32. The Labute approximate surface area is 153 Å². The molecule has 0 aromatic heterocycles. The van der Waals surface area contributed by atoms with Crippen molar-refractivity contribution in [3.8, 4) is 0 Å². The molecule has 0 saturated carbocycles. The Morgan fingerprint density at radius 1 is 1.19 bits per heavy atom. The van der Waals surface area contributed by atoms with Crippen LogP contribution in [0.25, 0.3) is 0 Å². The van der Waals surface area contributed by atoms with E-state index in [0.29, 0.717) is 38.0 Å². The number of amides is 3. The molecule has 0 aliphatic carbocycles. The maximum atomic E-state index is 13.0. The molecule has 1 aromatic carbocycles. The van der Waals surface area contributed by atoms with Gasteiger partial charge >= 0.3 is 0 Å². The number of carbonyl (C=O) groups is 3. The van der Waals surface area contributed by atoms with E-state index in [9.17, 15) is 18.8 Å². The normalized spacial score (nSPS) is 16.0. The van der Waals surface area contributed by atoms with Crippen molar-refractivity contribution in [2.75, 3.05) is 19.6 Å². The van der Waals surface area contributed by atoms with E-state index in [1.54, 1.807) is 11.8 Å². The fourth-order valence-corrected chi connectivity index (χ4v) is 2.92. The lowest BCUT2D eigenvalue weighted by atomic mass is 9.95. The summed E-state index contributed by atoms with van der Waals surface area (Å²) >= 11 is 0. The maximum absolute atomic E-state index is 13.0. The number of hydrogen-bond donors (Lipinski definition) is 2. The Balaban J connectivity index is 1.81. The van der Waals surface area contributed by atoms with E-state index >= 15 is 0 Å². The van der Waals surface area contributed by atoms with Crippen molar-refractivity contribution in [2.24, 2.45) is 5.92 Å². The molecular formula is C19H26FN3O3. The lowest BCUT2D eigenvalue weighted by Crippen LogP contribution is -2.49. The molecule has 1 heterocycles. The van der Waals surface area contributed by atoms with Gasteiger partial charge < -0.3 is 15.5 Å². The van der Waals surface area contributed by atoms with Crippen molar-refractivity contribution in [1.29, 1.82) is 0 Å². The largest absolute Gasteiger partial charge is 0.354 e. The molecule has 3 amide bonds. The van der Waals surface area contributed by atoms with Crippen molar-refractivity contribution in [3.63, 3.8) is 0 Å². The zero-order valence-corrected chi connectivity index (χ0v) is 15.3. The molecule has 6 nitrogen and oxygen atoms in total. The molecule has 0 bridgehead atoms. The topological polar surface area (TPSA) is 78.5 Å². The highest BCUT2D eigenvalue weighted by Crippen LogP contribution is 2.19. The van der Waals surface area contributed by atoms with Crippen molar-refractivity contribution < 1.29 is 18.8 Å². The van der Waals surface area contributed by atoms with Crippen molar-refractivity contribution >= 4 is 17.7 Å². The van der Waals surface area contributed by atoms with Crippen LogP contribution in [0.2, 0.25) is 0 Å². The SMILES string of the molecule is CCCNC(=O)[C@@H](C)NC(=O)C1CCN(C(=O)c2ccc(F)cc2)CC1. The maximum Gasteiger partial charge on any atom is 0.253 e. The van der Waals surface area contributed by atoms with Crippen LogP contribution < -0.4 is 10.6 Å². The molecule has 142 valence electrons. The predicted octanol–water partition coefficient (Wildman–Crippen LogP) is 1.71. The van der Waals surface area contributed by atoms with Gasteiger partial charge in [-0.25, -0.2) is 4.39 Å². The average molecular weight is 363 g/mol. The van der Waals surface area contributed by atoms with E-state index in [0.717, 1.165) is 6.42 Å². The minimum absolute atomic E-state index is 0.155. The summed E-state index contributed by atoms with van der Waals surface area (Å²) in [6.45, 7) is 5.14. The zero-order chi connectivity index (χ0) is 19.1. The van der Waals surface area contributed by atoms with Crippen LogP contribution in [0, 0.1) is 11.7 Å². The summed E-state index contributed by atoms with van der Waals surface area (Å²) in [4.78, 5) is 38.3. The Hall–Kier alpha value is -2.44. The number of hydrogen-bond acceptors (Lipinski definition) is 3. The molecule has 2 N–H and O–H groups in total. The molecule has 1 atom stereocenters. The lowest BCUT2D eigenvalue weighted by molar-refractivity contribution is -0.131. The van der Waals surface area contributed by atoms with Crippen molar-refractivity contribution in [1.82, 2.24) is 15.5 Å². The molecule has 2 rings (SSSR count). The number of benzene rings is 1. The van der Waals surface area contributed by atoms with Crippen LogP contribution in [-0.2, 0) is 9.59 Å². The molecule has 7 heteroatoms. The van der Waals surface area contributed by atoms with Gasteiger partial charge in [0.2, 0.25) is 11.8 Å². The van der Waals surface area contributed by atoms with Crippen molar-refractivity contribution in [3.05, 3.63) is 35.6 Å². The highest BCUT2D eigenvalue weighted by molar-refractivity contribution is 5.94. The van der Waals surface area contributed by atoms with Crippen LogP contribution in [0.1, 0.15) is 43.5 Å². The van der Waals surface area contributed by atoms with Gasteiger partial charge in [0.1, 0.15) is 11.9 Å². The first kappa shape index (κ1) is 19.9. The Kier molecular flexibility index (Phi) is 7.12. The highest BCUT2D eigenvalue weighted by Gasteiger charge is 2.29. The molecule has 1 fully saturated rings. The van der Waals surface area contributed by atoms with Gasteiger partial charge in [0.15, 0.2) is 0 Å². The number of nitrogens with zero attached hydrogens (tertiary/aromatic N) is 1. The molecular weight excluding hydrogens is 337 g/mol. The minimum atomic E-state index is -0.576. The van der Waals surface area contributed by atoms with Gasteiger partial charge in [-0.15, -0.1) is 0 Å². The summed E-state index contributed by atoms with van der Waals surface area (Å²) in [5.74, 6) is -1.10. The third kappa shape index (κ3) is 5.28. The van der Waals surface area contributed by atoms with Gasteiger partial charge in [-0.05, 0) is 50.5 Å². The first-order valence-electron chi connectivity index (χ1n) is 9.05. The van der Waals surface area contributed by atoms with Crippen LogP contribution in [0.4, 0.5) is 4.39 Å². The number of carbonyl (C=O) groups excluding carboxylic acids is 3. The van der Waals surface area contributed by atoms with Gasteiger partial charge in [0, 0.05) is 31.1 Å². The molecule has 26 heavy (non-hydrogen) atoms. The minimum Gasteiger partial charge on any atom is -0.354 e. The number of nitrogens with one attached hydrogen (secondary N) is 2.